The average Bonchev–Trinajstić information content (AvgIpc) is 2.49. The zero-order chi connectivity index (χ0) is 14.1. The molecule has 0 atom stereocenters. The van der Waals surface area contributed by atoms with Gasteiger partial charge >= 0.3 is 0 Å². The maximum Gasteiger partial charge on any atom is 0.152 e. The van der Waals surface area contributed by atoms with E-state index in [0.29, 0.717) is 0 Å². The van der Waals surface area contributed by atoms with Gasteiger partial charge in [0.2, 0.25) is 0 Å². The smallest absolute Gasteiger partial charge is 0.152 e. The standard InChI is InChI=1S/C16H19N3O/c1-10-11(2)19-16(17-3)14(18-10)13-8-4-6-12-7-5-9-20-15(12)13/h4,6,8H,5,7,9H2,1-3H3,(H,17,19). The van der Waals surface area contributed by atoms with Gasteiger partial charge in [0.1, 0.15) is 11.4 Å². The minimum Gasteiger partial charge on any atom is -0.493 e. The Bertz CT molecular complexity index is 652. The van der Waals surface area contributed by atoms with Gasteiger partial charge in [0, 0.05) is 12.6 Å². The number of para-hydroxylation sites is 1. The minimum absolute atomic E-state index is 0.775. The van der Waals surface area contributed by atoms with Crippen molar-refractivity contribution in [2.24, 2.45) is 0 Å². The third-order valence-electron chi connectivity index (χ3n) is 3.73. The first-order valence-electron chi connectivity index (χ1n) is 6.98. The lowest BCUT2D eigenvalue weighted by Gasteiger charge is -2.21. The molecule has 0 unspecified atom stereocenters. The fraction of sp³-hybridized carbons (Fsp3) is 0.375. The summed E-state index contributed by atoms with van der Waals surface area (Å²) in [5, 5.41) is 3.14. The van der Waals surface area contributed by atoms with E-state index in [9.17, 15) is 0 Å². The Morgan fingerprint density at radius 1 is 1.15 bits per heavy atom. The molecule has 0 saturated heterocycles. The van der Waals surface area contributed by atoms with Crippen LogP contribution in [0, 0.1) is 13.8 Å². The van der Waals surface area contributed by atoms with Crippen LogP contribution in [0.3, 0.4) is 0 Å². The van der Waals surface area contributed by atoms with Gasteiger partial charge in [0.15, 0.2) is 5.82 Å². The second kappa shape index (κ2) is 5.12. The Morgan fingerprint density at radius 3 is 2.75 bits per heavy atom. The quantitative estimate of drug-likeness (QED) is 0.910. The second-order valence-corrected chi connectivity index (χ2v) is 5.09. The van der Waals surface area contributed by atoms with E-state index in [1.807, 2.05) is 20.9 Å². The fourth-order valence-electron chi connectivity index (χ4n) is 2.54. The summed E-state index contributed by atoms with van der Waals surface area (Å²) in [6.07, 6.45) is 2.14. The van der Waals surface area contributed by atoms with Gasteiger partial charge in [-0.15, -0.1) is 0 Å². The molecule has 0 amide bonds. The number of anilines is 1. The SMILES string of the molecule is CNc1nc(C)c(C)nc1-c1cccc2c1OCCC2. The molecule has 3 rings (SSSR count). The van der Waals surface area contributed by atoms with Crippen molar-refractivity contribution in [3.8, 4) is 17.0 Å². The van der Waals surface area contributed by atoms with Crippen molar-refractivity contribution < 1.29 is 4.74 Å². The van der Waals surface area contributed by atoms with Crippen LogP contribution in [0.25, 0.3) is 11.3 Å². The van der Waals surface area contributed by atoms with Crippen molar-refractivity contribution in [1.82, 2.24) is 9.97 Å². The summed E-state index contributed by atoms with van der Waals surface area (Å²) in [6.45, 7) is 4.74. The van der Waals surface area contributed by atoms with Gasteiger partial charge in [-0.05, 0) is 38.3 Å². The fourth-order valence-corrected chi connectivity index (χ4v) is 2.54. The van der Waals surface area contributed by atoms with Crippen LogP contribution in [0.5, 0.6) is 5.75 Å². The molecular weight excluding hydrogens is 250 g/mol. The van der Waals surface area contributed by atoms with E-state index in [4.69, 9.17) is 9.72 Å². The van der Waals surface area contributed by atoms with Crippen LogP contribution >= 0.6 is 0 Å². The molecule has 4 nitrogen and oxygen atoms in total. The molecule has 1 aliphatic heterocycles. The molecule has 1 aromatic carbocycles. The highest BCUT2D eigenvalue weighted by molar-refractivity contribution is 5.78. The zero-order valence-electron chi connectivity index (χ0n) is 12.2. The van der Waals surface area contributed by atoms with E-state index >= 15 is 0 Å². The molecular formula is C16H19N3O. The predicted octanol–water partition coefficient (Wildman–Crippen LogP) is 3.13. The summed E-state index contributed by atoms with van der Waals surface area (Å²) in [6, 6.07) is 6.26. The molecule has 1 aliphatic rings. The molecule has 20 heavy (non-hydrogen) atoms. The number of benzene rings is 1. The zero-order valence-corrected chi connectivity index (χ0v) is 12.2. The first-order chi connectivity index (χ1) is 9.70. The summed E-state index contributed by atoms with van der Waals surface area (Å²) >= 11 is 0. The summed E-state index contributed by atoms with van der Waals surface area (Å²) < 4.78 is 5.88. The molecule has 2 aromatic rings. The predicted molar refractivity (Wildman–Crippen MR) is 80.3 cm³/mol. The third kappa shape index (κ3) is 2.11. The molecule has 4 heteroatoms. The second-order valence-electron chi connectivity index (χ2n) is 5.09. The van der Waals surface area contributed by atoms with Crippen molar-refractivity contribution in [3.05, 3.63) is 35.2 Å². The van der Waals surface area contributed by atoms with Crippen LogP contribution < -0.4 is 10.1 Å². The highest BCUT2D eigenvalue weighted by Gasteiger charge is 2.19. The number of rotatable bonds is 2. The van der Waals surface area contributed by atoms with Crippen LogP contribution in [0.4, 0.5) is 5.82 Å². The van der Waals surface area contributed by atoms with E-state index in [1.165, 1.54) is 5.56 Å². The van der Waals surface area contributed by atoms with Gasteiger partial charge in [-0.1, -0.05) is 12.1 Å². The van der Waals surface area contributed by atoms with Crippen LogP contribution in [0.1, 0.15) is 23.4 Å². The van der Waals surface area contributed by atoms with Gasteiger partial charge in [0.05, 0.1) is 18.0 Å². The number of aromatic nitrogens is 2. The Balaban J connectivity index is 2.21. The first-order valence-corrected chi connectivity index (χ1v) is 6.98. The monoisotopic (exact) mass is 269 g/mol. The van der Waals surface area contributed by atoms with Crippen LogP contribution in [-0.4, -0.2) is 23.6 Å². The Labute approximate surface area is 119 Å². The van der Waals surface area contributed by atoms with Crippen LogP contribution in [0.2, 0.25) is 0 Å². The average molecular weight is 269 g/mol. The molecule has 1 aromatic heterocycles. The molecule has 0 bridgehead atoms. The summed E-state index contributed by atoms with van der Waals surface area (Å²) in [5.74, 6) is 1.77. The van der Waals surface area contributed by atoms with E-state index < -0.39 is 0 Å². The molecule has 2 heterocycles. The maximum absolute atomic E-state index is 5.88. The van der Waals surface area contributed by atoms with Crippen molar-refractivity contribution in [2.45, 2.75) is 26.7 Å². The van der Waals surface area contributed by atoms with Crippen LogP contribution in [-0.2, 0) is 6.42 Å². The molecule has 0 spiro atoms. The molecule has 104 valence electrons. The summed E-state index contributed by atoms with van der Waals surface area (Å²) in [7, 11) is 1.87. The topological polar surface area (TPSA) is 47.0 Å². The van der Waals surface area contributed by atoms with Gasteiger partial charge in [-0.3, -0.25) is 0 Å². The molecule has 0 radical (unpaired) electrons. The minimum atomic E-state index is 0.775. The normalized spacial score (nSPS) is 13.6. The van der Waals surface area contributed by atoms with Gasteiger partial charge in [-0.2, -0.15) is 0 Å². The largest absolute Gasteiger partial charge is 0.493 e. The van der Waals surface area contributed by atoms with Crippen molar-refractivity contribution in [1.29, 1.82) is 0 Å². The number of ether oxygens (including phenoxy) is 1. The number of hydrogen-bond donors (Lipinski definition) is 1. The summed E-state index contributed by atoms with van der Waals surface area (Å²) in [5.41, 5.74) is 5.06. The Kier molecular flexibility index (Phi) is 3.30. The van der Waals surface area contributed by atoms with E-state index in [-0.39, 0.29) is 0 Å². The number of fused-ring (bicyclic) bond motifs is 1. The van der Waals surface area contributed by atoms with E-state index in [2.05, 4.69) is 28.5 Å². The number of nitrogens with one attached hydrogen (secondary N) is 1. The van der Waals surface area contributed by atoms with Crippen LogP contribution in [0.15, 0.2) is 18.2 Å². The molecule has 0 saturated carbocycles. The van der Waals surface area contributed by atoms with E-state index in [1.54, 1.807) is 0 Å². The number of aryl methyl sites for hydroxylation is 3. The van der Waals surface area contributed by atoms with Crippen molar-refractivity contribution in [2.75, 3.05) is 19.0 Å². The highest BCUT2D eigenvalue weighted by Crippen LogP contribution is 2.37. The van der Waals surface area contributed by atoms with Gasteiger partial charge in [0.25, 0.3) is 0 Å². The highest BCUT2D eigenvalue weighted by atomic mass is 16.5. The van der Waals surface area contributed by atoms with Crippen molar-refractivity contribution >= 4 is 5.82 Å². The van der Waals surface area contributed by atoms with Gasteiger partial charge in [-0.25, -0.2) is 9.97 Å². The lowest BCUT2D eigenvalue weighted by molar-refractivity contribution is 0.289. The summed E-state index contributed by atoms with van der Waals surface area (Å²) in [4.78, 5) is 9.30. The van der Waals surface area contributed by atoms with Crippen molar-refractivity contribution in [3.63, 3.8) is 0 Å². The lowest BCUT2D eigenvalue weighted by Crippen LogP contribution is -2.10. The maximum atomic E-state index is 5.88. The Hall–Kier alpha value is -2.10. The van der Waals surface area contributed by atoms with E-state index in [0.717, 1.165) is 53.7 Å². The lowest BCUT2D eigenvalue weighted by atomic mass is 10.0. The third-order valence-corrected chi connectivity index (χ3v) is 3.73. The number of nitrogens with zero attached hydrogens (tertiary/aromatic N) is 2. The molecule has 0 aliphatic carbocycles. The number of hydrogen-bond acceptors (Lipinski definition) is 4. The Morgan fingerprint density at radius 2 is 1.95 bits per heavy atom. The molecule has 0 fully saturated rings. The van der Waals surface area contributed by atoms with Gasteiger partial charge < -0.3 is 10.1 Å². The first kappa shape index (κ1) is 12.9. The molecule has 1 N–H and O–H groups in total.